The minimum atomic E-state index is -1.15. The van der Waals surface area contributed by atoms with Crippen LogP contribution in [0.25, 0.3) is 11.3 Å². The number of aromatic nitrogens is 3. The molecule has 1 unspecified atom stereocenters. The molecule has 1 aromatic carbocycles. The number of benzene rings is 1. The van der Waals surface area contributed by atoms with Gasteiger partial charge < -0.3 is 21.2 Å². The number of imide groups is 1. The molecular weight excluding hydrogens is 522 g/mol. The number of nitrogens with one attached hydrogen (secondary N) is 2. The Bertz CT molecular complexity index is 1520. The van der Waals surface area contributed by atoms with Crippen LogP contribution in [0.4, 0.5) is 11.5 Å². The third-order valence-corrected chi connectivity index (χ3v) is 8.30. The molecular formula is C30H33N7O4. The molecule has 2 saturated carbocycles. The maximum absolute atomic E-state index is 13.1. The second kappa shape index (κ2) is 10.8. The number of fused-ring (bicyclic) bond motifs is 1. The Balaban J connectivity index is 1.09. The Morgan fingerprint density at radius 2 is 1.90 bits per heavy atom. The summed E-state index contributed by atoms with van der Waals surface area (Å²) >= 11 is 0. The minimum absolute atomic E-state index is 0.0109. The lowest BCUT2D eigenvalue weighted by Crippen LogP contribution is -2.47. The molecule has 3 aliphatic rings. The lowest BCUT2D eigenvalue weighted by Gasteiger charge is -2.35. The van der Waals surface area contributed by atoms with Crippen LogP contribution in [0.15, 0.2) is 42.6 Å². The number of hydrogen-bond donors (Lipinski definition) is 3. The SMILES string of the molecule is CNc1cccc(-c2cn(C3CC(CNc4ccc5c(c4)C(=O)N(C(CCC=O)C(N)=O)C5=O)C3)nc2C2CC2)n1. The lowest BCUT2D eigenvalue weighted by molar-refractivity contribution is -0.122. The van der Waals surface area contributed by atoms with Crippen LogP contribution in [0.1, 0.15) is 76.9 Å². The van der Waals surface area contributed by atoms with Gasteiger partial charge >= 0.3 is 0 Å². The molecule has 212 valence electrons. The van der Waals surface area contributed by atoms with Crippen LogP contribution in [0.5, 0.6) is 0 Å². The number of anilines is 2. The average Bonchev–Trinajstić information content (AvgIpc) is 3.66. The van der Waals surface area contributed by atoms with E-state index in [9.17, 15) is 19.2 Å². The Morgan fingerprint density at radius 3 is 2.61 bits per heavy atom. The van der Waals surface area contributed by atoms with Gasteiger partial charge in [0.2, 0.25) is 5.91 Å². The molecule has 3 aromatic rings. The number of carbonyl (C=O) groups excluding carboxylic acids is 4. The summed E-state index contributed by atoms with van der Waals surface area (Å²) in [6, 6.07) is 10.2. The molecule has 41 heavy (non-hydrogen) atoms. The van der Waals surface area contributed by atoms with Crippen LogP contribution in [-0.4, -0.2) is 63.3 Å². The van der Waals surface area contributed by atoms with Gasteiger partial charge in [-0.05, 0) is 68.4 Å². The molecule has 11 nitrogen and oxygen atoms in total. The van der Waals surface area contributed by atoms with Crippen molar-refractivity contribution < 1.29 is 19.2 Å². The summed E-state index contributed by atoms with van der Waals surface area (Å²) in [5, 5.41) is 11.5. The van der Waals surface area contributed by atoms with Crippen LogP contribution >= 0.6 is 0 Å². The van der Waals surface area contributed by atoms with E-state index >= 15 is 0 Å². The number of rotatable bonds is 12. The molecule has 1 aliphatic heterocycles. The van der Waals surface area contributed by atoms with E-state index < -0.39 is 23.8 Å². The van der Waals surface area contributed by atoms with E-state index in [-0.39, 0.29) is 24.0 Å². The molecule has 0 spiro atoms. The molecule has 2 aliphatic carbocycles. The van der Waals surface area contributed by atoms with E-state index in [1.807, 2.05) is 25.2 Å². The van der Waals surface area contributed by atoms with Crippen LogP contribution in [0.2, 0.25) is 0 Å². The number of nitrogens with two attached hydrogens (primary N) is 1. The summed E-state index contributed by atoms with van der Waals surface area (Å²) in [5.74, 6) is -0.156. The number of pyridine rings is 1. The van der Waals surface area contributed by atoms with Crippen molar-refractivity contribution in [1.29, 1.82) is 0 Å². The van der Waals surface area contributed by atoms with Gasteiger partial charge in [0.25, 0.3) is 11.8 Å². The second-order valence-electron chi connectivity index (χ2n) is 11.1. The number of amides is 3. The molecule has 3 heterocycles. The maximum atomic E-state index is 13.1. The predicted molar refractivity (Wildman–Crippen MR) is 152 cm³/mol. The topological polar surface area (TPSA) is 152 Å². The van der Waals surface area contributed by atoms with E-state index in [2.05, 4.69) is 21.5 Å². The Morgan fingerprint density at radius 1 is 1.12 bits per heavy atom. The maximum Gasteiger partial charge on any atom is 0.262 e. The Kier molecular flexibility index (Phi) is 7.02. The highest BCUT2D eigenvalue weighted by molar-refractivity contribution is 6.23. The second-order valence-corrected chi connectivity index (χ2v) is 11.1. The molecule has 11 heteroatoms. The predicted octanol–water partition coefficient (Wildman–Crippen LogP) is 3.36. The van der Waals surface area contributed by atoms with E-state index in [0.29, 0.717) is 24.2 Å². The third kappa shape index (κ3) is 5.07. The Labute approximate surface area is 237 Å². The highest BCUT2D eigenvalue weighted by Crippen LogP contribution is 2.45. The monoisotopic (exact) mass is 555 g/mol. The van der Waals surface area contributed by atoms with Crippen molar-refractivity contribution in [1.82, 2.24) is 19.7 Å². The zero-order valence-electron chi connectivity index (χ0n) is 22.9. The summed E-state index contributed by atoms with van der Waals surface area (Å²) in [5.41, 5.74) is 9.84. The van der Waals surface area contributed by atoms with Crippen molar-refractivity contribution in [3.8, 4) is 11.3 Å². The van der Waals surface area contributed by atoms with Crippen molar-refractivity contribution in [2.24, 2.45) is 11.7 Å². The summed E-state index contributed by atoms with van der Waals surface area (Å²) in [7, 11) is 1.87. The standard InChI is InChI=1S/C30H33N7O4/c1-32-26-6-2-4-24(34-26)23-16-36(35-27(23)18-7-8-18)20-12-17(13-20)15-33-19-9-10-21-22(14-19)30(41)37(29(21)40)25(28(31)39)5-3-11-38/h2,4,6,9-11,14,16-18,20,25,33H,3,5,7-8,12-13,15H2,1H3,(H2,31,39)(H,32,34). The molecule has 2 aromatic heterocycles. The van der Waals surface area contributed by atoms with Gasteiger partial charge in [0.15, 0.2) is 0 Å². The lowest BCUT2D eigenvalue weighted by atomic mass is 9.80. The first-order chi connectivity index (χ1) is 19.9. The van der Waals surface area contributed by atoms with E-state index in [0.717, 1.165) is 52.7 Å². The number of aldehydes is 1. The fourth-order valence-corrected chi connectivity index (χ4v) is 5.79. The van der Waals surface area contributed by atoms with Crippen LogP contribution in [-0.2, 0) is 9.59 Å². The van der Waals surface area contributed by atoms with Gasteiger partial charge in [0, 0.05) is 43.4 Å². The molecule has 0 saturated heterocycles. The number of nitrogens with zero attached hydrogens (tertiary/aromatic N) is 4. The fraction of sp³-hybridized carbons (Fsp3) is 0.400. The van der Waals surface area contributed by atoms with Crippen LogP contribution in [0.3, 0.4) is 0 Å². The number of carbonyl (C=O) groups is 4. The summed E-state index contributed by atoms with van der Waals surface area (Å²) in [6.45, 7) is 0.722. The largest absolute Gasteiger partial charge is 0.385 e. The molecule has 1 atom stereocenters. The summed E-state index contributed by atoms with van der Waals surface area (Å²) in [4.78, 5) is 54.3. The van der Waals surface area contributed by atoms with Gasteiger partial charge in [0.05, 0.1) is 28.6 Å². The zero-order chi connectivity index (χ0) is 28.7. The molecule has 0 bridgehead atoms. The minimum Gasteiger partial charge on any atom is -0.385 e. The summed E-state index contributed by atoms with van der Waals surface area (Å²) < 4.78 is 2.11. The van der Waals surface area contributed by atoms with Crippen LogP contribution < -0.4 is 16.4 Å². The van der Waals surface area contributed by atoms with Crippen molar-refractivity contribution in [2.45, 2.75) is 56.5 Å². The first kappa shape index (κ1) is 26.7. The van der Waals surface area contributed by atoms with Crippen molar-refractivity contribution >= 4 is 35.5 Å². The van der Waals surface area contributed by atoms with Crippen molar-refractivity contribution in [2.75, 3.05) is 24.2 Å². The molecule has 0 radical (unpaired) electrons. The first-order valence-electron chi connectivity index (χ1n) is 14.1. The third-order valence-electron chi connectivity index (χ3n) is 8.30. The molecule has 3 amide bonds. The van der Waals surface area contributed by atoms with Gasteiger partial charge in [-0.15, -0.1) is 0 Å². The quantitative estimate of drug-likeness (QED) is 0.227. The molecule has 6 rings (SSSR count). The normalized spacial score (nSPS) is 20.4. The highest BCUT2D eigenvalue weighted by atomic mass is 16.2. The number of hydrogen-bond acceptors (Lipinski definition) is 8. The van der Waals surface area contributed by atoms with Crippen molar-refractivity contribution in [3.05, 3.63) is 59.4 Å². The zero-order valence-corrected chi connectivity index (χ0v) is 22.9. The van der Waals surface area contributed by atoms with E-state index in [1.165, 1.54) is 12.8 Å². The Hall–Kier alpha value is -4.54. The van der Waals surface area contributed by atoms with Gasteiger partial charge in [-0.2, -0.15) is 5.10 Å². The van der Waals surface area contributed by atoms with Gasteiger partial charge in [0.1, 0.15) is 18.1 Å². The number of primary amides is 1. The first-order valence-corrected chi connectivity index (χ1v) is 14.1. The molecule has 2 fully saturated rings. The summed E-state index contributed by atoms with van der Waals surface area (Å²) in [6.07, 6.45) is 7.12. The smallest absolute Gasteiger partial charge is 0.262 e. The molecule has 4 N–H and O–H groups in total. The highest BCUT2D eigenvalue weighted by Gasteiger charge is 2.42. The van der Waals surface area contributed by atoms with Gasteiger partial charge in [-0.1, -0.05) is 6.07 Å². The average molecular weight is 556 g/mol. The fourth-order valence-electron chi connectivity index (χ4n) is 5.79. The van der Waals surface area contributed by atoms with Gasteiger partial charge in [-0.25, -0.2) is 4.98 Å². The van der Waals surface area contributed by atoms with Gasteiger partial charge in [-0.3, -0.25) is 24.0 Å². The van der Waals surface area contributed by atoms with E-state index in [4.69, 9.17) is 15.8 Å². The van der Waals surface area contributed by atoms with Crippen LogP contribution in [0, 0.1) is 5.92 Å². The van der Waals surface area contributed by atoms with Crippen molar-refractivity contribution in [3.63, 3.8) is 0 Å². The van der Waals surface area contributed by atoms with E-state index in [1.54, 1.807) is 18.2 Å².